The molecule has 0 aromatic heterocycles. The predicted molar refractivity (Wildman–Crippen MR) is 85.5 cm³/mol. The average Bonchev–Trinajstić information content (AvgIpc) is 3.25. The molecule has 1 aliphatic carbocycles. The molecule has 3 fully saturated rings. The molecule has 0 radical (unpaired) electrons. The number of imide groups is 1. The largest absolute Gasteiger partial charge is 0.442 e. The van der Waals surface area contributed by atoms with Gasteiger partial charge in [-0.25, -0.2) is 9.59 Å². The molecule has 24 heavy (non-hydrogen) atoms. The monoisotopic (exact) mass is 329 g/mol. The van der Waals surface area contributed by atoms with E-state index in [-0.39, 0.29) is 18.5 Å². The third-order valence-electron chi connectivity index (χ3n) is 5.03. The number of nitrogens with zero attached hydrogens (tertiary/aromatic N) is 2. The minimum absolute atomic E-state index is 0.0987. The van der Waals surface area contributed by atoms with Gasteiger partial charge in [-0.1, -0.05) is 31.0 Å². The van der Waals surface area contributed by atoms with E-state index in [2.05, 4.69) is 5.32 Å². The number of urea groups is 1. The Hall–Kier alpha value is -2.57. The summed E-state index contributed by atoms with van der Waals surface area (Å²) in [7, 11) is 0. The van der Waals surface area contributed by atoms with Crippen molar-refractivity contribution in [3.05, 3.63) is 30.3 Å². The molecule has 7 nitrogen and oxygen atoms in total. The molecule has 2 saturated heterocycles. The molecule has 4 amide bonds. The van der Waals surface area contributed by atoms with E-state index in [1.807, 2.05) is 30.3 Å². The molecule has 2 aliphatic heterocycles. The first-order chi connectivity index (χ1) is 11.6. The van der Waals surface area contributed by atoms with Gasteiger partial charge in [-0.05, 0) is 25.0 Å². The molecule has 1 unspecified atom stereocenters. The van der Waals surface area contributed by atoms with Gasteiger partial charge in [-0.15, -0.1) is 0 Å². The molecule has 1 spiro atoms. The quantitative estimate of drug-likeness (QED) is 0.859. The summed E-state index contributed by atoms with van der Waals surface area (Å²) in [4.78, 5) is 39.7. The van der Waals surface area contributed by atoms with Crippen molar-refractivity contribution in [1.82, 2.24) is 10.2 Å². The van der Waals surface area contributed by atoms with E-state index >= 15 is 0 Å². The number of hydrogen-bond donors (Lipinski definition) is 1. The summed E-state index contributed by atoms with van der Waals surface area (Å²) in [6.07, 6.45) is 2.31. The van der Waals surface area contributed by atoms with Crippen LogP contribution in [0.15, 0.2) is 30.3 Å². The van der Waals surface area contributed by atoms with Crippen LogP contribution in [0, 0.1) is 0 Å². The molecule has 3 aliphatic rings. The van der Waals surface area contributed by atoms with Gasteiger partial charge in [0.1, 0.15) is 11.6 Å². The third kappa shape index (κ3) is 2.31. The molecule has 1 aromatic carbocycles. The van der Waals surface area contributed by atoms with Crippen LogP contribution in [-0.2, 0) is 9.53 Å². The van der Waals surface area contributed by atoms with Crippen LogP contribution in [-0.4, -0.2) is 47.7 Å². The zero-order valence-corrected chi connectivity index (χ0v) is 13.2. The lowest BCUT2D eigenvalue weighted by atomic mass is 9.98. The Balaban J connectivity index is 1.46. The van der Waals surface area contributed by atoms with Crippen LogP contribution in [0.5, 0.6) is 0 Å². The Labute approximate surface area is 139 Å². The number of hydrogen-bond acceptors (Lipinski definition) is 4. The Morgan fingerprint density at radius 2 is 1.83 bits per heavy atom. The summed E-state index contributed by atoms with van der Waals surface area (Å²) in [5.41, 5.74) is 0.0215. The van der Waals surface area contributed by atoms with Gasteiger partial charge in [0, 0.05) is 5.69 Å². The van der Waals surface area contributed by atoms with Gasteiger partial charge >= 0.3 is 12.1 Å². The minimum atomic E-state index is -0.723. The highest BCUT2D eigenvalue weighted by molar-refractivity contribution is 6.07. The maximum atomic E-state index is 12.6. The van der Waals surface area contributed by atoms with E-state index in [4.69, 9.17) is 4.74 Å². The number of carbonyl (C=O) groups excluding carboxylic acids is 3. The number of carbonyl (C=O) groups is 3. The zero-order chi connectivity index (χ0) is 16.7. The fourth-order valence-corrected chi connectivity index (χ4v) is 3.80. The predicted octanol–water partition coefficient (Wildman–Crippen LogP) is 1.88. The number of amides is 4. The lowest BCUT2D eigenvalue weighted by Crippen LogP contribution is -2.45. The van der Waals surface area contributed by atoms with E-state index in [0.29, 0.717) is 19.4 Å². The van der Waals surface area contributed by atoms with Crippen LogP contribution in [0.4, 0.5) is 15.3 Å². The van der Waals surface area contributed by atoms with Crippen molar-refractivity contribution < 1.29 is 19.1 Å². The normalized spacial score (nSPS) is 25.5. The maximum absolute atomic E-state index is 12.6. The molecular formula is C17H19N3O4. The van der Waals surface area contributed by atoms with Crippen molar-refractivity contribution >= 4 is 23.7 Å². The molecule has 126 valence electrons. The summed E-state index contributed by atoms with van der Waals surface area (Å²) < 4.78 is 5.35. The fraction of sp³-hybridized carbons (Fsp3) is 0.471. The first-order valence-corrected chi connectivity index (χ1v) is 8.26. The van der Waals surface area contributed by atoms with Gasteiger partial charge in [0.2, 0.25) is 0 Å². The number of rotatable bonds is 3. The van der Waals surface area contributed by atoms with Crippen LogP contribution in [0.2, 0.25) is 0 Å². The maximum Gasteiger partial charge on any atom is 0.414 e. The topological polar surface area (TPSA) is 79.0 Å². The Kier molecular flexibility index (Phi) is 3.44. The summed E-state index contributed by atoms with van der Waals surface area (Å²) in [6.45, 7) is 0.425. The molecule has 1 atom stereocenters. The van der Waals surface area contributed by atoms with Crippen LogP contribution < -0.4 is 10.2 Å². The standard InChI is InChI=1S/C17H19N3O4/c21-14-17(8-4-5-9-17)18-15(22)20(14)11-13-10-19(16(23)24-13)12-6-2-1-3-7-12/h1-3,6-7,13H,4-5,8-11H2,(H,18,22). The van der Waals surface area contributed by atoms with Crippen LogP contribution in [0.3, 0.4) is 0 Å². The highest BCUT2D eigenvalue weighted by atomic mass is 16.6. The number of para-hydroxylation sites is 1. The van der Waals surface area contributed by atoms with Gasteiger partial charge in [-0.2, -0.15) is 0 Å². The van der Waals surface area contributed by atoms with Crippen molar-refractivity contribution in [3.8, 4) is 0 Å². The Morgan fingerprint density at radius 1 is 1.12 bits per heavy atom. The smallest absolute Gasteiger partial charge is 0.414 e. The number of benzene rings is 1. The average molecular weight is 329 g/mol. The number of nitrogens with one attached hydrogen (secondary N) is 1. The van der Waals surface area contributed by atoms with Crippen molar-refractivity contribution in [3.63, 3.8) is 0 Å². The molecular weight excluding hydrogens is 310 g/mol. The highest BCUT2D eigenvalue weighted by Gasteiger charge is 2.53. The molecule has 2 heterocycles. The van der Waals surface area contributed by atoms with E-state index in [0.717, 1.165) is 18.5 Å². The zero-order valence-electron chi connectivity index (χ0n) is 13.2. The van der Waals surface area contributed by atoms with Crippen LogP contribution in [0.1, 0.15) is 25.7 Å². The van der Waals surface area contributed by atoms with Crippen LogP contribution in [0.25, 0.3) is 0 Å². The van der Waals surface area contributed by atoms with E-state index in [1.54, 1.807) is 0 Å². The first kappa shape index (κ1) is 15.0. The Morgan fingerprint density at radius 3 is 2.54 bits per heavy atom. The number of cyclic esters (lactones) is 1. The second kappa shape index (κ2) is 5.51. The second-order valence-electron chi connectivity index (χ2n) is 6.59. The summed E-state index contributed by atoms with van der Waals surface area (Å²) in [5.74, 6) is -0.181. The molecule has 1 aromatic rings. The Bertz CT molecular complexity index is 684. The first-order valence-electron chi connectivity index (χ1n) is 8.26. The third-order valence-corrected chi connectivity index (χ3v) is 5.03. The molecule has 7 heteroatoms. The molecule has 1 saturated carbocycles. The molecule has 1 N–H and O–H groups in total. The van der Waals surface area contributed by atoms with Crippen molar-refractivity contribution in [1.29, 1.82) is 0 Å². The van der Waals surface area contributed by atoms with Crippen molar-refractivity contribution in [2.75, 3.05) is 18.0 Å². The van der Waals surface area contributed by atoms with E-state index < -0.39 is 17.7 Å². The van der Waals surface area contributed by atoms with Crippen molar-refractivity contribution in [2.45, 2.75) is 37.3 Å². The fourth-order valence-electron chi connectivity index (χ4n) is 3.80. The van der Waals surface area contributed by atoms with Gasteiger partial charge in [0.15, 0.2) is 0 Å². The number of anilines is 1. The van der Waals surface area contributed by atoms with Crippen molar-refractivity contribution in [2.24, 2.45) is 0 Å². The number of ether oxygens (including phenoxy) is 1. The van der Waals surface area contributed by atoms with Crippen LogP contribution >= 0.6 is 0 Å². The summed E-state index contributed by atoms with van der Waals surface area (Å²) in [6, 6.07) is 8.83. The molecule has 0 bridgehead atoms. The van der Waals surface area contributed by atoms with E-state index in [9.17, 15) is 14.4 Å². The lowest BCUT2D eigenvalue weighted by Gasteiger charge is -2.21. The minimum Gasteiger partial charge on any atom is -0.442 e. The van der Waals surface area contributed by atoms with E-state index in [1.165, 1.54) is 9.80 Å². The summed E-state index contributed by atoms with van der Waals surface area (Å²) >= 11 is 0. The highest BCUT2D eigenvalue weighted by Crippen LogP contribution is 2.35. The van der Waals surface area contributed by atoms with Gasteiger partial charge in [0.05, 0.1) is 13.1 Å². The lowest BCUT2D eigenvalue weighted by molar-refractivity contribution is -0.131. The van der Waals surface area contributed by atoms with Gasteiger partial charge in [0.25, 0.3) is 5.91 Å². The second-order valence-corrected chi connectivity index (χ2v) is 6.59. The summed E-state index contributed by atoms with van der Waals surface area (Å²) in [5, 5.41) is 2.84. The SMILES string of the molecule is O=C1NC2(CCCC2)C(=O)N1CC1CN(c2ccccc2)C(=O)O1. The van der Waals surface area contributed by atoms with Gasteiger partial charge in [-0.3, -0.25) is 14.6 Å². The molecule has 4 rings (SSSR count). The van der Waals surface area contributed by atoms with Gasteiger partial charge < -0.3 is 10.1 Å².